The maximum Gasteiger partial charge on any atom is 0.223 e. The van der Waals surface area contributed by atoms with Crippen LogP contribution in [0.3, 0.4) is 0 Å². The molecule has 1 atom stereocenters. The molecule has 0 aromatic carbocycles. The first-order valence-electron chi connectivity index (χ1n) is 6.27. The molecule has 1 aliphatic rings. The smallest absolute Gasteiger partial charge is 0.223 e. The van der Waals surface area contributed by atoms with Gasteiger partial charge in [-0.2, -0.15) is 0 Å². The first kappa shape index (κ1) is 15.2. The molecule has 1 saturated heterocycles. The molecule has 1 amide bonds. The predicted molar refractivity (Wildman–Crippen MR) is 77.2 cm³/mol. The Morgan fingerprint density at radius 2 is 2.17 bits per heavy atom. The van der Waals surface area contributed by atoms with E-state index in [1.54, 1.807) is 7.05 Å². The highest BCUT2D eigenvalue weighted by Gasteiger charge is 2.11. The van der Waals surface area contributed by atoms with Gasteiger partial charge in [0.1, 0.15) is 5.76 Å². The quantitative estimate of drug-likeness (QED) is 0.473. The molecule has 0 aromatic rings. The van der Waals surface area contributed by atoms with Crippen LogP contribution >= 0.6 is 9.39 Å². The van der Waals surface area contributed by atoms with Crippen LogP contribution < -0.4 is 0 Å². The number of piperidine rings is 1. The van der Waals surface area contributed by atoms with Crippen LogP contribution in [0.25, 0.3) is 0 Å². The van der Waals surface area contributed by atoms with Gasteiger partial charge >= 0.3 is 0 Å². The molecule has 0 radical (unpaired) electrons. The normalized spacial score (nSPS) is 16.4. The van der Waals surface area contributed by atoms with Gasteiger partial charge in [0.2, 0.25) is 5.91 Å². The first-order valence-corrected chi connectivity index (χ1v) is 6.79. The number of hydrogen-bond donors (Lipinski definition) is 1. The molecule has 1 unspecified atom stereocenters. The zero-order valence-corrected chi connectivity index (χ0v) is 12.2. The second-order valence-electron chi connectivity index (χ2n) is 4.75. The Bertz CT molecular complexity index is 332. The van der Waals surface area contributed by atoms with Gasteiger partial charge in [-0.15, -0.1) is 0 Å². The SMILES string of the molecule is C=C(O)CN(C)C(=O)CCC=C1CCN(P)CC1. The topological polar surface area (TPSA) is 43.8 Å². The summed E-state index contributed by atoms with van der Waals surface area (Å²) in [6.45, 7) is 5.76. The lowest BCUT2D eigenvalue weighted by molar-refractivity contribution is -0.129. The van der Waals surface area contributed by atoms with Gasteiger partial charge in [0, 0.05) is 26.6 Å². The predicted octanol–water partition coefficient (Wildman–Crippen LogP) is 2.11. The van der Waals surface area contributed by atoms with Gasteiger partial charge in [0.15, 0.2) is 0 Å². The standard InChI is InChI=1S/C13H23N2O2P/c1-11(16)10-14(2)13(17)5-3-4-12-6-8-15(18)9-7-12/h4,16H,1,3,5-10,18H2,2H3. The van der Waals surface area contributed by atoms with Crippen LogP contribution in [-0.2, 0) is 4.79 Å². The van der Waals surface area contributed by atoms with E-state index in [-0.39, 0.29) is 18.2 Å². The summed E-state index contributed by atoms with van der Waals surface area (Å²) in [4.78, 5) is 13.2. The van der Waals surface area contributed by atoms with Crippen molar-refractivity contribution in [1.29, 1.82) is 0 Å². The van der Waals surface area contributed by atoms with Crippen molar-refractivity contribution in [3.05, 3.63) is 24.0 Å². The van der Waals surface area contributed by atoms with Crippen LogP contribution in [0.4, 0.5) is 0 Å². The zero-order chi connectivity index (χ0) is 13.5. The molecule has 1 heterocycles. The largest absolute Gasteiger partial charge is 0.511 e. The van der Waals surface area contributed by atoms with Gasteiger partial charge in [-0.1, -0.05) is 27.6 Å². The number of aliphatic hydroxyl groups is 1. The van der Waals surface area contributed by atoms with E-state index in [2.05, 4.69) is 26.7 Å². The molecule has 4 nitrogen and oxygen atoms in total. The summed E-state index contributed by atoms with van der Waals surface area (Å²) in [6, 6.07) is 0. The van der Waals surface area contributed by atoms with Gasteiger partial charge in [-0.25, -0.2) is 0 Å². The number of likely N-dealkylation sites (N-methyl/N-ethyl adjacent to an activating group) is 1. The maximum absolute atomic E-state index is 11.7. The average Bonchev–Trinajstić information content (AvgIpc) is 2.30. The van der Waals surface area contributed by atoms with Gasteiger partial charge in [-0.3, -0.25) is 9.46 Å². The number of amides is 1. The summed E-state index contributed by atoms with van der Waals surface area (Å²) in [5, 5.41) is 9.02. The zero-order valence-electron chi connectivity index (χ0n) is 11.1. The lowest BCUT2D eigenvalue weighted by Crippen LogP contribution is -2.28. The number of hydrogen-bond acceptors (Lipinski definition) is 3. The summed E-state index contributed by atoms with van der Waals surface area (Å²) in [6.07, 6.45) is 5.67. The van der Waals surface area contributed by atoms with E-state index in [0.717, 1.165) is 32.4 Å². The fourth-order valence-electron chi connectivity index (χ4n) is 1.97. The van der Waals surface area contributed by atoms with Crippen molar-refractivity contribution in [2.24, 2.45) is 0 Å². The molecule has 0 saturated carbocycles. The Kier molecular flexibility index (Phi) is 6.37. The molecule has 0 spiro atoms. The van der Waals surface area contributed by atoms with E-state index in [1.807, 2.05) is 0 Å². The maximum atomic E-state index is 11.7. The molecular weight excluding hydrogens is 247 g/mol. The molecule has 0 bridgehead atoms. The van der Waals surface area contributed by atoms with Crippen molar-refractivity contribution in [2.75, 3.05) is 26.7 Å². The summed E-state index contributed by atoms with van der Waals surface area (Å²) in [5.41, 5.74) is 1.45. The summed E-state index contributed by atoms with van der Waals surface area (Å²) >= 11 is 0. The van der Waals surface area contributed by atoms with Crippen molar-refractivity contribution < 1.29 is 9.90 Å². The van der Waals surface area contributed by atoms with Crippen molar-refractivity contribution >= 4 is 15.3 Å². The fourth-order valence-corrected chi connectivity index (χ4v) is 2.23. The molecular formula is C13H23N2O2P. The minimum absolute atomic E-state index is 0.0250. The Hall–Kier alpha value is -0.860. The molecule has 5 heteroatoms. The molecule has 18 heavy (non-hydrogen) atoms. The van der Waals surface area contributed by atoms with E-state index in [0.29, 0.717) is 6.42 Å². The molecule has 0 aliphatic carbocycles. The van der Waals surface area contributed by atoms with Gasteiger partial charge in [0.05, 0.1) is 6.54 Å². The summed E-state index contributed by atoms with van der Waals surface area (Å²) < 4.78 is 2.24. The van der Waals surface area contributed by atoms with Crippen LogP contribution in [0.2, 0.25) is 0 Å². The Morgan fingerprint density at radius 1 is 1.56 bits per heavy atom. The van der Waals surface area contributed by atoms with Crippen LogP contribution in [0.1, 0.15) is 25.7 Å². The second-order valence-corrected chi connectivity index (χ2v) is 5.48. The third kappa shape index (κ3) is 5.65. The van der Waals surface area contributed by atoms with Crippen LogP contribution in [0, 0.1) is 0 Å². The Morgan fingerprint density at radius 3 is 2.72 bits per heavy atom. The fraction of sp³-hybridized carbons (Fsp3) is 0.615. The highest BCUT2D eigenvalue weighted by molar-refractivity contribution is 7.13. The number of nitrogens with zero attached hydrogens (tertiary/aromatic N) is 2. The second kappa shape index (κ2) is 7.55. The summed E-state index contributed by atoms with van der Waals surface area (Å²) in [5.74, 6) is 0.0718. The van der Waals surface area contributed by atoms with Crippen molar-refractivity contribution in [1.82, 2.24) is 9.57 Å². The lowest BCUT2D eigenvalue weighted by Gasteiger charge is -2.23. The number of carbonyl (C=O) groups excluding carboxylic acids is 1. The summed E-state index contributed by atoms with van der Waals surface area (Å²) in [7, 11) is 4.41. The molecule has 0 aromatic heterocycles. The highest BCUT2D eigenvalue weighted by Crippen LogP contribution is 2.19. The van der Waals surface area contributed by atoms with Crippen LogP contribution in [0.15, 0.2) is 24.0 Å². The van der Waals surface area contributed by atoms with Crippen LogP contribution in [0.5, 0.6) is 0 Å². The van der Waals surface area contributed by atoms with Crippen molar-refractivity contribution in [3.63, 3.8) is 0 Å². The Labute approximate surface area is 112 Å². The minimum atomic E-state index is 0.0250. The highest BCUT2D eigenvalue weighted by atomic mass is 31.0. The first-order chi connectivity index (χ1) is 8.49. The monoisotopic (exact) mass is 270 g/mol. The van der Waals surface area contributed by atoms with Gasteiger partial charge < -0.3 is 10.0 Å². The van der Waals surface area contributed by atoms with Gasteiger partial charge in [-0.05, 0) is 19.3 Å². The molecule has 1 fully saturated rings. The number of allylic oxidation sites excluding steroid dienone is 1. The Balaban J connectivity index is 2.26. The number of aliphatic hydroxyl groups excluding tert-OH is 1. The third-order valence-corrected chi connectivity index (χ3v) is 3.59. The number of rotatable bonds is 5. The van der Waals surface area contributed by atoms with E-state index >= 15 is 0 Å². The lowest BCUT2D eigenvalue weighted by atomic mass is 10.0. The molecule has 1 rings (SSSR count). The van der Waals surface area contributed by atoms with Crippen molar-refractivity contribution in [2.45, 2.75) is 25.7 Å². The van der Waals surface area contributed by atoms with Crippen molar-refractivity contribution in [3.8, 4) is 0 Å². The number of carbonyl (C=O) groups is 1. The van der Waals surface area contributed by atoms with Gasteiger partial charge in [0.25, 0.3) is 0 Å². The molecule has 1 N–H and O–H groups in total. The minimum Gasteiger partial charge on any atom is -0.511 e. The van der Waals surface area contributed by atoms with Crippen LogP contribution in [-0.4, -0.2) is 47.3 Å². The van der Waals surface area contributed by atoms with E-state index in [9.17, 15) is 4.79 Å². The van der Waals surface area contributed by atoms with E-state index < -0.39 is 0 Å². The van der Waals surface area contributed by atoms with E-state index in [4.69, 9.17) is 5.11 Å². The average molecular weight is 270 g/mol. The van der Waals surface area contributed by atoms with E-state index in [1.165, 1.54) is 10.5 Å². The molecule has 1 aliphatic heterocycles. The third-order valence-electron chi connectivity index (χ3n) is 3.08. The molecule has 102 valence electrons.